The van der Waals surface area contributed by atoms with Crippen molar-refractivity contribution in [3.8, 4) is 0 Å². The van der Waals surface area contributed by atoms with Gasteiger partial charge in [0, 0.05) is 44.7 Å². The van der Waals surface area contributed by atoms with Gasteiger partial charge in [0.05, 0.1) is 16.4 Å². The minimum Gasteiger partial charge on any atom is -0.368 e. The molecule has 1 N–H and O–H groups in total. The van der Waals surface area contributed by atoms with Crippen LogP contribution in [0.15, 0.2) is 71.6 Å². The molecule has 1 unspecified atom stereocenters. The lowest BCUT2D eigenvalue weighted by Crippen LogP contribution is -2.49. The third-order valence-electron chi connectivity index (χ3n) is 7.89. The first kappa shape index (κ1) is 26.9. The Hall–Kier alpha value is -3.65. The molecule has 3 aromatic carbocycles. The monoisotopic (exact) mass is 545 g/mol. The van der Waals surface area contributed by atoms with Crippen LogP contribution in [0.4, 0.5) is 5.69 Å². The molecule has 2 heterocycles. The molecule has 0 saturated carbocycles. The predicted molar refractivity (Wildman–Crippen MR) is 153 cm³/mol. The first-order chi connectivity index (χ1) is 18.6. The van der Waals surface area contributed by atoms with Crippen LogP contribution in [0.5, 0.6) is 0 Å². The van der Waals surface area contributed by atoms with Crippen molar-refractivity contribution in [2.45, 2.75) is 31.1 Å². The Kier molecular flexibility index (Phi) is 7.49. The van der Waals surface area contributed by atoms with Crippen molar-refractivity contribution in [2.75, 3.05) is 43.9 Å². The lowest BCUT2D eigenvalue weighted by atomic mass is 9.84. The Morgan fingerprint density at radius 3 is 2.33 bits per heavy atom. The van der Waals surface area contributed by atoms with E-state index in [1.807, 2.05) is 30.3 Å². The Morgan fingerprint density at radius 1 is 0.949 bits per heavy atom. The van der Waals surface area contributed by atoms with Crippen LogP contribution in [-0.2, 0) is 21.1 Å². The number of piperazine rings is 1. The van der Waals surface area contributed by atoms with Crippen molar-refractivity contribution in [3.05, 3.63) is 94.5 Å². The van der Waals surface area contributed by atoms with E-state index in [1.165, 1.54) is 11.1 Å². The van der Waals surface area contributed by atoms with Gasteiger partial charge in [0.25, 0.3) is 5.91 Å². The van der Waals surface area contributed by atoms with Gasteiger partial charge in [0.15, 0.2) is 9.84 Å². The van der Waals surface area contributed by atoms with E-state index in [0.29, 0.717) is 44.7 Å². The third-order valence-corrected chi connectivity index (χ3v) is 9.02. The van der Waals surface area contributed by atoms with Gasteiger partial charge in [-0.1, -0.05) is 54.1 Å². The van der Waals surface area contributed by atoms with Gasteiger partial charge in [-0.05, 0) is 61.1 Å². The van der Waals surface area contributed by atoms with Gasteiger partial charge < -0.3 is 15.1 Å². The Balaban J connectivity index is 1.37. The Morgan fingerprint density at radius 2 is 1.67 bits per heavy atom. The van der Waals surface area contributed by atoms with E-state index < -0.39 is 15.8 Å². The van der Waals surface area contributed by atoms with E-state index in [9.17, 15) is 18.0 Å². The summed E-state index contributed by atoms with van der Waals surface area (Å²) in [4.78, 5) is 30.4. The Labute approximate surface area is 230 Å². The number of amides is 2. The lowest BCUT2D eigenvalue weighted by Gasteiger charge is -2.37. The number of carbonyl (C=O) groups is 2. The Bertz CT molecular complexity index is 1500. The van der Waals surface area contributed by atoms with Crippen LogP contribution in [-0.4, -0.2) is 64.1 Å². The molecule has 0 spiro atoms. The van der Waals surface area contributed by atoms with E-state index in [-0.39, 0.29) is 28.2 Å². The van der Waals surface area contributed by atoms with E-state index in [0.717, 1.165) is 17.5 Å². The lowest BCUT2D eigenvalue weighted by molar-refractivity contribution is -0.120. The van der Waals surface area contributed by atoms with Crippen LogP contribution < -0.4 is 10.2 Å². The van der Waals surface area contributed by atoms with Crippen molar-refractivity contribution in [1.29, 1.82) is 0 Å². The maximum absolute atomic E-state index is 13.6. The van der Waals surface area contributed by atoms with Gasteiger partial charge in [-0.2, -0.15) is 0 Å². The minimum absolute atomic E-state index is 0.00725. The summed E-state index contributed by atoms with van der Waals surface area (Å²) in [5, 5.41) is 2.94. The zero-order valence-corrected chi connectivity index (χ0v) is 23.5. The standard InChI is InChI=1S/C31H35N3O4S/c1-21-9-12-27(22(2)17-21)33-13-15-34(16-14-33)31(36)26-11-10-24(19-28(26)39(3,37)38)29-25(20-32-30(29)35)18-23-7-5-4-6-8-23/h4-12,17,19,25,29H,13-16,18,20H2,1-3H3,(H,32,35)/t25?,29-/m0/s1. The number of anilines is 1. The average molecular weight is 546 g/mol. The number of sulfone groups is 1. The van der Waals surface area contributed by atoms with Gasteiger partial charge >= 0.3 is 0 Å². The highest BCUT2D eigenvalue weighted by atomic mass is 32.2. The highest BCUT2D eigenvalue weighted by molar-refractivity contribution is 7.90. The number of hydrogen-bond acceptors (Lipinski definition) is 5. The number of carbonyl (C=O) groups excluding carboxylic acids is 2. The summed E-state index contributed by atoms with van der Waals surface area (Å²) in [5.74, 6) is -0.890. The van der Waals surface area contributed by atoms with Crippen LogP contribution in [0.25, 0.3) is 0 Å². The summed E-state index contributed by atoms with van der Waals surface area (Å²) < 4.78 is 25.8. The molecule has 2 aliphatic rings. The smallest absolute Gasteiger partial charge is 0.255 e. The molecule has 0 aliphatic carbocycles. The van der Waals surface area contributed by atoms with Crippen molar-refractivity contribution in [2.24, 2.45) is 5.92 Å². The summed E-state index contributed by atoms with van der Waals surface area (Å²) >= 11 is 0. The van der Waals surface area contributed by atoms with Crippen molar-refractivity contribution in [3.63, 3.8) is 0 Å². The molecular formula is C31H35N3O4S. The molecule has 0 radical (unpaired) electrons. The van der Waals surface area contributed by atoms with Crippen molar-refractivity contribution >= 4 is 27.3 Å². The maximum atomic E-state index is 13.6. The molecule has 8 heteroatoms. The van der Waals surface area contributed by atoms with Gasteiger partial charge in [0.2, 0.25) is 5.91 Å². The normalized spacial score (nSPS) is 19.7. The first-order valence-corrected chi connectivity index (χ1v) is 15.3. The van der Waals surface area contributed by atoms with Crippen molar-refractivity contribution in [1.82, 2.24) is 10.2 Å². The number of aryl methyl sites for hydroxylation is 2. The van der Waals surface area contributed by atoms with Gasteiger partial charge in [-0.15, -0.1) is 0 Å². The summed E-state index contributed by atoms with van der Waals surface area (Å²) in [5.41, 5.74) is 5.49. The van der Waals surface area contributed by atoms with Gasteiger partial charge in [0.1, 0.15) is 0 Å². The fraction of sp³-hybridized carbons (Fsp3) is 0.355. The van der Waals surface area contributed by atoms with Crippen molar-refractivity contribution < 1.29 is 18.0 Å². The van der Waals surface area contributed by atoms with Gasteiger partial charge in [-0.25, -0.2) is 8.42 Å². The molecule has 2 fully saturated rings. The van der Waals surface area contributed by atoms with E-state index in [1.54, 1.807) is 23.1 Å². The zero-order valence-electron chi connectivity index (χ0n) is 22.7. The van der Waals surface area contributed by atoms with E-state index >= 15 is 0 Å². The fourth-order valence-corrected chi connectivity index (χ4v) is 6.81. The molecule has 0 aromatic heterocycles. The number of rotatable bonds is 6. The highest BCUT2D eigenvalue weighted by Crippen LogP contribution is 2.34. The molecule has 2 saturated heterocycles. The van der Waals surface area contributed by atoms with Crippen LogP contribution in [0.3, 0.4) is 0 Å². The molecule has 2 amide bonds. The molecule has 0 bridgehead atoms. The predicted octanol–water partition coefficient (Wildman–Crippen LogP) is 3.74. The minimum atomic E-state index is -3.72. The summed E-state index contributed by atoms with van der Waals surface area (Å²) in [7, 11) is -3.72. The molecule has 7 nitrogen and oxygen atoms in total. The quantitative estimate of drug-likeness (QED) is 0.510. The van der Waals surface area contributed by atoms with E-state index in [4.69, 9.17) is 0 Å². The second kappa shape index (κ2) is 10.8. The molecular weight excluding hydrogens is 510 g/mol. The largest absolute Gasteiger partial charge is 0.368 e. The number of hydrogen-bond donors (Lipinski definition) is 1. The van der Waals surface area contributed by atoms with Gasteiger partial charge in [-0.3, -0.25) is 9.59 Å². The highest BCUT2D eigenvalue weighted by Gasteiger charge is 2.37. The number of benzene rings is 3. The first-order valence-electron chi connectivity index (χ1n) is 13.4. The summed E-state index contributed by atoms with van der Waals surface area (Å²) in [6.07, 6.45) is 1.82. The zero-order chi connectivity index (χ0) is 27.7. The van der Waals surface area contributed by atoms with E-state index in [2.05, 4.69) is 42.3 Å². The number of nitrogens with one attached hydrogen (secondary N) is 1. The molecule has 2 atom stereocenters. The van der Waals surface area contributed by atoms with Crippen LogP contribution in [0, 0.1) is 19.8 Å². The fourth-order valence-electron chi connectivity index (χ4n) is 5.90. The molecule has 2 aliphatic heterocycles. The maximum Gasteiger partial charge on any atom is 0.255 e. The molecule has 5 rings (SSSR count). The third kappa shape index (κ3) is 5.71. The molecule has 3 aromatic rings. The molecule has 204 valence electrons. The second-order valence-corrected chi connectivity index (χ2v) is 12.8. The number of nitrogens with zero attached hydrogens (tertiary/aromatic N) is 2. The van der Waals surface area contributed by atoms with Crippen LogP contribution in [0.1, 0.15) is 38.5 Å². The molecule has 39 heavy (non-hydrogen) atoms. The SMILES string of the molecule is Cc1ccc(N2CCN(C(=O)c3ccc([C@@H]4C(=O)NCC4Cc4ccccc4)cc3S(C)(=O)=O)CC2)c(C)c1. The van der Waals surface area contributed by atoms with Crippen LogP contribution >= 0.6 is 0 Å². The summed E-state index contributed by atoms with van der Waals surface area (Å²) in [6, 6.07) is 21.2. The van der Waals surface area contributed by atoms with Crippen LogP contribution in [0.2, 0.25) is 0 Å². The topological polar surface area (TPSA) is 86.8 Å². The second-order valence-electron chi connectivity index (χ2n) is 10.8. The average Bonchev–Trinajstić information content (AvgIpc) is 3.27. The summed E-state index contributed by atoms with van der Waals surface area (Å²) in [6.45, 7) is 7.03.